The molecule has 3 amide bonds. The number of carbonyl (C=O) groups is 3. The molecule has 3 heterocycles. The third-order valence-electron chi connectivity index (χ3n) is 6.09. The topological polar surface area (TPSA) is 74.7 Å². The summed E-state index contributed by atoms with van der Waals surface area (Å²) in [5.41, 5.74) is 3.29. The van der Waals surface area contributed by atoms with E-state index in [1.165, 1.54) is 4.90 Å². The maximum Gasteiger partial charge on any atom is 0.260 e. The van der Waals surface area contributed by atoms with Gasteiger partial charge in [-0.2, -0.15) is 0 Å². The van der Waals surface area contributed by atoms with Crippen molar-refractivity contribution in [2.24, 2.45) is 0 Å². The Morgan fingerprint density at radius 3 is 2.44 bits per heavy atom. The lowest BCUT2D eigenvalue weighted by molar-refractivity contribution is -0.122. The van der Waals surface area contributed by atoms with Gasteiger partial charge in [0.15, 0.2) is 0 Å². The minimum absolute atomic E-state index is 0.141. The molecule has 0 bridgehead atoms. The van der Waals surface area contributed by atoms with Crippen molar-refractivity contribution >= 4 is 23.4 Å². The van der Waals surface area contributed by atoms with E-state index >= 15 is 0 Å². The summed E-state index contributed by atoms with van der Waals surface area (Å²) >= 11 is 0. The summed E-state index contributed by atoms with van der Waals surface area (Å²) in [4.78, 5) is 42.6. The van der Waals surface area contributed by atoms with Crippen LogP contribution in [-0.2, 0) is 11.3 Å². The number of aromatic nitrogens is 1. The van der Waals surface area contributed by atoms with Gasteiger partial charge in [-0.15, -0.1) is 0 Å². The predicted octanol–water partition coefficient (Wildman–Crippen LogP) is 3.50. The number of nitrogens with zero attached hydrogens (tertiary/aromatic N) is 3. The first-order valence-electron chi connectivity index (χ1n) is 10.7. The first-order chi connectivity index (χ1) is 15.5. The van der Waals surface area contributed by atoms with Crippen molar-refractivity contribution in [3.8, 4) is 0 Å². The van der Waals surface area contributed by atoms with Crippen LogP contribution in [0.15, 0.2) is 66.9 Å². The summed E-state index contributed by atoms with van der Waals surface area (Å²) < 4.78 is 2.09. The SMILES string of the molecule is CC(C)n1cccc1CNC(=O)CN1C(=O)c2ccccc2N2C(=O)c3ccccc3[C@H]12. The van der Waals surface area contributed by atoms with Crippen molar-refractivity contribution in [3.63, 3.8) is 0 Å². The molecule has 2 aliphatic heterocycles. The van der Waals surface area contributed by atoms with Crippen molar-refractivity contribution in [2.75, 3.05) is 11.4 Å². The van der Waals surface area contributed by atoms with E-state index in [9.17, 15) is 14.4 Å². The zero-order chi connectivity index (χ0) is 22.4. The van der Waals surface area contributed by atoms with Crippen molar-refractivity contribution < 1.29 is 14.4 Å². The monoisotopic (exact) mass is 428 g/mol. The van der Waals surface area contributed by atoms with Gasteiger partial charge in [0.25, 0.3) is 11.8 Å². The number of hydrogen-bond acceptors (Lipinski definition) is 3. The molecule has 7 heteroatoms. The Morgan fingerprint density at radius 1 is 0.938 bits per heavy atom. The average Bonchev–Trinajstić information content (AvgIpc) is 3.39. The predicted molar refractivity (Wildman–Crippen MR) is 120 cm³/mol. The second-order valence-electron chi connectivity index (χ2n) is 8.36. The van der Waals surface area contributed by atoms with Crippen molar-refractivity contribution in [1.29, 1.82) is 0 Å². The van der Waals surface area contributed by atoms with E-state index in [2.05, 4.69) is 23.7 Å². The van der Waals surface area contributed by atoms with Crippen molar-refractivity contribution in [1.82, 2.24) is 14.8 Å². The fourth-order valence-corrected chi connectivity index (χ4v) is 4.62. The molecule has 162 valence electrons. The normalized spacial score (nSPS) is 16.8. The van der Waals surface area contributed by atoms with Gasteiger partial charge in [-0.05, 0) is 44.2 Å². The fourth-order valence-electron chi connectivity index (χ4n) is 4.62. The zero-order valence-electron chi connectivity index (χ0n) is 18.0. The molecule has 2 aliphatic rings. The molecule has 32 heavy (non-hydrogen) atoms. The van der Waals surface area contributed by atoms with Crippen LogP contribution in [0.3, 0.4) is 0 Å². The van der Waals surface area contributed by atoms with E-state index in [0.717, 1.165) is 11.3 Å². The number of nitrogens with one attached hydrogen (secondary N) is 1. The quantitative estimate of drug-likeness (QED) is 0.676. The molecule has 0 radical (unpaired) electrons. The highest BCUT2D eigenvalue weighted by Crippen LogP contribution is 2.44. The minimum Gasteiger partial charge on any atom is -0.349 e. The van der Waals surface area contributed by atoms with Gasteiger partial charge >= 0.3 is 0 Å². The maximum absolute atomic E-state index is 13.4. The molecule has 0 aliphatic carbocycles. The molecule has 1 N–H and O–H groups in total. The van der Waals surface area contributed by atoms with Crippen LogP contribution >= 0.6 is 0 Å². The molecule has 0 unspecified atom stereocenters. The highest BCUT2D eigenvalue weighted by Gasteiger charge is 2.47. The van der Waals surface area contributed by atoms with E-state index in [0.29, 0.717) is 23.4 Å². The van der Waals surface area contributed by atoms with Gasteiger partial charge in [0.2, 0.25) is 5.91 Å². The van der Waals surface area contributed by atoms with E-state index < -0.39 is 6.17 Å². The Balaban J connectivity index is 1.44. The molecule has 0 saturated heterocycles. The van der Waals surface area contributed by atoms with Crippen LogP contribution in [0.25, 0.3) is 0 Å². The minimum atomic E-state index is -0.633. The molecular weight excluding hydrogens is 404 g/mol. The van der Waals surface area contributed by atoms with Crippen LogP contribution < -0.4 is 10.2 Å². The Hall–Kier alpha value is -3.87. The van der Waals surface area contributed by atoms with Crippen LogP contribution in [-0.4, -0.2) is 33.7 Å². The first kappa shape index (κ1) is 20.1. The molecule has 0 spiro atoms. The molecule has 0 saturated carbocycles. The van der Waals surface area contributed by atoms with Gasteiger partial charge in [0, 0.05) is 29.1 Å². The molecule has 7 nitrogen and oxygen atoms in total. The maximum atomic E-state index is 13.4. The summed E-state index contributed by atoms with van der Waals surface area (Å²) in [6.07, 6.45) is 1.35. The highest BCUT2D eigenvalue weighted by molar-refractivity contribution is 6.17. The van der Waals surface area contributed by atoms with E-state index in [4.69, 9.17) is 0 Å². The van der Waals surface area contributed by atoms with E-state index in [1.54, 1.807) is 29.2 Å². The number of anilines is 1. The molecule has 5 rings (SSSR count). The average molecular weight is 428 g/mol. The zero-order valence-corrected chi connectivity index (χ0v) is 18.0. The number of carbonyl (C=O) groups excluding carboxylic acids is 3. The van der Waals surface area contributed by atoms with Gasteiger partial charge in [-0.3, -0.25) is 19.3 Å². The standard InChI is InChI=1S/C25H24N4O3/c1-16(2)27-13-7-8-17(27)14-26-22(30)15-28-23-18-9-3-4-10-19(18)25(32)29(23)21-12-6-5-11-20(21)24(28)31/h3-13,16,23H,14-15H2,1-2H3,(H,26,30)/t23-/m1/s1. The lowest BCUT2D eigenvalue weighted by atomic mass is 10.0. The summed E-state index contributed by atoms with van der Waals surface area (Å²) in [7, 11) is 0. The van der Waals surface area contributed by atoms with Crippen LogP contribution in [0.4, 0.5) is 5.69 Å². The third-order valence-corrected chi connectivity index (χ3v) is 6.09. The van der Waals surface area contributed by atoms with Crippen molar-refractivity contribution in [3.05, 3.63) is 89.2 Å². The molecule has 0 fully saturated rings. The molecule has 1 aromatic heterocycles. The Morgan fingerprint density at radius 2 is 1.66 bits per heavy atom. The molecule has 2 aromatic carbocycles. The number of fused-ring (bicyclic) bond motifs is 5. The summed E-state index contributed by atoms with van der Waals surface area (Å²) in [5.74, 6) is -0.691. The van der Waals surface area contributed by atoms with E-state index in [-0.39, 0.29) is 30.3 Å². The summed E-state index contributed by atoms with van der Waals surface area (Å²) in [6, 6.07) is 18.5. The molecule has 3 aromatic rings. The van der Waals surface area contributed by atoms with Crippen LogP contribution in [0.1, 0.15) is 58.0 Å². The largest absolute Gasteiger partial charge is 0.349 e. The third kappa shape index (κ3) is 3.09. The number of benzene rings is 2. The second-order valence-corrected chi connectivity index (χ2v) is 8.36. The number of amides is 3. The van der Waals surface area contributed by atoms with Crippen molar-refractivity contribution in [2.45, 2.75) is 32.6 Å². The van der Waals surface area contributed by atoms with Gasteiger partial charge < -0.3 is 14.8 Å². The second kappa shape index (κ2) is 7.67. The Kier molecular flexibility index (Phi) is 4.81. The van der Waals surface area contributed by atoms with Gasteiger partial charge in [0.05, 0.1) is 17.8 Å². The van der Waals surface area contributed by atoms with Crippen LogP contribution in [0.5, 0.6) is 0 Å². The number of rotatable bonds is 5. The molecule has 1 atom stereocenters. The Bertz CT molecular complexity index is 1230. The van der Waals surface area contributed by atoms with Crippen LogP contribution in [0, 0.1) is 0 Å². The first-order valence-corrected chi connectivity index (χ1v) is 10.7. The van der Waals surface area contributed by atoms with Crippen LogP contribution in [0.2, 0.25) is 0 Å². The van der Waals surface area contributed by atoms with Gasteiger partial charge in [0.1, 0.15) is 12.7 Å². The summed E-state index contributed by atoms with van der Waals surface area (Å²) in [6.45, 7) is 4.39. The summed E-state index contributed by atoms with van der Waals surface area (Å²) in [5, 5.41) is 2.93. The number of hydrogen-bond donors (Lipinski definition) is 1. The molecular formula is C25H24N4O3. The smallest absolute Gasteiger partial charge is 0.260 e. The van der Waals surface area contributed by atoms with E-state index in [1.807, 2.05) is 42.6 Å². The lowest BCUT2D eigenvalue weighted by Crippen LogP contribution is -2.51. The lowest BCUT2D eigenvalue weighted by Gasteiger charge is -2.40. The van der Waals surface area contributed by atoms with Gasteiger partial charge in [-0.25, -0.2) is 0 Å². The number of para-hydroxylation sites is 1. The highest BCUT2D eigenvalue weighted by atomic mass is 16.2. The Labute approximate surface area is 186 Å². The fraction of sp³-hybridized carbons (Fsp3) is 0.240. The van der Waals surface area contributed by atoms with Gasteiger partial charge in [-0.1, -0.05) is 30.3 Å².